The van der Waals surface area contributed by atoms with E-state index in [0.717, 1.165) is 0 Å². The van der Waals surface area contributed by atoms with E-state index in [1.807, 2.05) is 0 Å². The van der Waals surface area contributed by atoms with Gasteiger partial charge in [-0.15, -0.1) is 12.4 Å². The molecule has 2 aromatic rings. The van der Waals surface area contributed by atoms with Crippen LogP contribution in [0.1, 0.15) is 29.3 Å². The van der Waals surface area contributed by atoms with E-state index in [9.17, 15) is 26.4 Å². The number of sulfonamides is 1. The molecule has 1 aromatic carbocycles. The first-order valence-electron chi connectivity index (χ1n) is 8.45. The zero-order chi connectivity index (χ0) is 22.9. The van der Waals surface area contributed by atoms with E-state index in [1.165, 1.54) is 30.0 Å². The summed E-state index contributed by atoms with van der Waals surface area (Å²) in [5.74, 6) is -0.528. The Balaban J connectivity index is 0.00000480. The second kappa shape index (κ2) is 10.0. The topological polar surface area (TPSA) is 111 Å². The molecule has 1 atom stereocenters. The molecule has 0 aliphatic heterocycles. The predicted molar refractivity (Wildman–Crippen MR) is 114 cm³/mol. The molecule has 0 unspecified atom stereocenters. The van der Waals surface area contributed by atoms with Crippen LogP contribution in [0.2, 0.25) is 5.15 Å². The fourth-order valence-electron chi connectivity index (χ4n) is 2.91. The van der Waals surface area contributed by atoms with E-state index >= 15 is 0 Å². The van der Waals surface area contributed by atoms with Gasteiger partial charge >= 0.3 is 21.5 Å². The fraction of sp³-hybridized carbons (Fsp3) is 0.333. The number of nitrogens with one attached hydrogen (secondary N) is 1. The first kappa shape index (κ1) is 27.0. The van der Waals surface area contributed by atoms with Crippen molar-refractivity contribution in [2.75, 3.05) is 11.8 Å². The smallest absolute Gasteiger partial charge is 0.469 e. The average Bonchev–Trinajstić information content (AvgIpc) is 2.59. The molecule has 0 bridgehead atoms. The molecular formula is C18H20Cl2F3N3O4S. The number of aromatic nitrogens is 1. The van der Waals surface area contributed by atoms with Crippen molar-refractivity contribution < 1.29 is 31.1 Å². The molecule has 0 aliphatic rings. The lowest BCUT2D eigenvalue weighted by Crippen LogP contribution is -2.30. The van der Waals surface area contributed by atoms with E-state index in [0.29, 0.717) is 27.9 Å². The van der Waals surface area contributed by atoms with E-state index in [1.54, 1.807) is 19.9 Å². The molecule has 0 radical (unpaired) electrons. The molecule has 0 fully saturated rings. The Hall–Kier alpha value is -2.08. The van der Waals surface area contributed by atoms with Gasteiger partial charge in [0.05, 0.1) is 25.3 Å². The third-order valence-electron chi connectivity index (χ3n) is 4.19. The molecule has 0 spiro atoms. The molecule has 7 nitrogen and oxygen atoms in total. The van der Waals surface area contributed by atoms with E-state index in [2.05, 4.69) is 9.72 Å². The number of nitrogens with two attached hydrogens (primary N) is 1. The number of pyridine rings is 1. The van der Waals surface area contributed by atoms with Gasteiger partial charge in [0.25, 0.3) is 0 Å². The maximum atomic E-state index is 12.6. The molecule has 1 heterocycles. The Morgan fingerprint density at radius 1 is 1.23 bits per heavy atom. The molecule has 31 heavy (non-hydrogen) atoms. The van der Waals surface area contributed by atoms with Crippen molar-refractivity contribution in [3.8, 4) is 11.1 Å². The summed E-state index contributed by atoms with van der Waals surface area (Å²) in [6.45, 7) is 3.21. The van der Waals surface area contributed by atoms with Gasteiger partial charge in [-0.2, -0.15) is 21.6 Å². The monoisotopic (exact) mass is 501 g/mol. The van der Waals surface area contributed by atoms with Crippen molar-refractivity contribution in [2.45, 2.75) is 31.8 Å². The summed E-state index contributed by atoms with van der Waals surface area (Å²) in [4.78, 5) is 15.6. The number of aryl methyl sites for hydroxylation is 2. The zero-order valence-electron chi connectivity index (χ0n) is 16.6. The number of hydrogen-bond acceptors (Lipinski definition) is 6. The summed E-state index contributed by atoms with van der Waals surface area (Å²) < 4.78 is 66.7. The van der Waals surface area contributed by atoms with Crippen molar-refractivity contribution in [3.05, 3.63) is 46.2 Å². The number of rotatable bonds is 6. The van der Waals surface area contributed by atoms with Gasteiger partial charge in [-0.05, 0) is 60.4 Å². The Morgan fingerprint density at radius 2 is 1.77 bits per heavy atom. The molecule has 172 valence electrons. The summed E-state index contributed by atoms with van der Waals surface area (Å²) in [6.07, 6.45) is -0.126. The standard InChI is InChI=1S/C18H19ClF3N3O4S.ClH/c1-9-4-12(25-30(27,28)18(20,21)22)5-10(2)17(9)11-6-14(24-15(19)7-11)13(23)8-16(26)29-3;/h4-7,13,25H,8,23H2,1-3H3;1H/t13-;/m0./s1. The number of alkyl halides is 3. The first-order valence-corrected chi connectivity index (χ1v) is 10.3. The highest BCUT2D eigenvalue weighted by molar-refractivity contribution is 7.93. The number of benzene rings is 1. The quantitative estimate of drug-likeness (QED) is 0.451. The van der Waals surface area contributed by atoms with Crippen LogP contribution in [-0.2, 0) is 19.6 Å². The molecule has 1 aromatic heterocycles. The number of anilines is 1. The number of carbonyl (C=O) groups excluding carboxylic acids is 1. The van der Waals surface area contributed by atoms with Crippen LogP contribution >= 0.6 is 24.0 Å². The van der Waals surface area contributed by atoms with Gasteiger partial charge in [0.15, 0.2) is 0 Å². The van der Waals surface area contributed by atoms with Crippen LogP contribution in [0.25, 0.3) is 11.1 Å². The number of esters is 1. The first-order chi connectivity index (χ1) is 13.7. The minimum absolute atomic E-state index is 0. The molecule has 2 rings (SSSR count). The normalized spacial score (nSPS) is 12.6. The second-order valence-corrected chi connectivity index (χ2v) is 8.59. The van der Waals surface area contributed by atoms with Crippen molar-refractivity contribution >= 4 is 45.7 Å². The number of nitrogens with zero attached hydrogens (tertiary/aromatic N) is 1. The molecule has 0 amide bonds. The molecule has 3 N–H and O–H groups in total. The van der Waals surface area contributed by atoms with Crippen molar-refractivity contribution in [2.24, 2.45) is 5.73 Å². The fourth-order valence-corrected chi connectivity index (χ4v) is 3.67. The van der Waals surface area contributed by atoms with Crippen molar-refractivity contribution in [3.63, 3.8) is 0 Å². The van der Waals surface area contributed by atoms with E-state index in [4.69, 9.17) is 17.3 Å². The molecule has 0 saturated carbocycles. The number of halogens is 5. The number of methoxy groups -OCH3 is 1. The summed E-state index contributed by atoms with van der Waals surface area (Å²) >= 11 is 6.09. The maximum Gasteiger partial charge on any atom is 0.516 e. The van der Waals surface area contributed by atoms with Gasteiger partial charge in [-0.25, -0.2) is 4.98 Å². The lowest BCUT2D eigenvalue weighted by atomic mass is 9.94. The van der Waals surface area contributed by atoms with Crippen LogP contribution in [0.5, 0.6) is 0 Å². The largest absolute Gasteiger partial charge is 0.516 e. The van der Waals surface area contributed by atoms with Crippen molar-refractivity contribution in [1.29, 1.82) is 0 Å². The third kappa shape index (κ3) is 6.45. The molecule has 0 aliphatic carbocycles. The van der Waals surface area contributed by atoms with Crippen molar-refractivity contribution in [1.82, 2.24) is 4.98 Å². The average molecular weight is 502 g/mol. The van der Waals surface area contributed by atoms with Gasteiger partial charge in [0.1, 0.15) is 5.15 Å². The molecule has 13 heteroatoms. The predicted octanol–water partition coefficient (Wildman–Crippen LogP) is 4.27. The van der Waals surface area contributed by atoms with Crippen LogP contribution < -0.4 is 10.5 Å². The molecule has 0 saturated heterocycles. The van der Waals surface area contributed by atoms with E-state index < -0.39 is 27.5 Å². The van der Waals surface area contributed by atoms with Gasteiger partial charge in [0.2, 0.25) is 0 Å². The second-order valence-electron chi connectivity index (χ2n) is 6.53. The SMILES string of the molecule is COC(=O)C[C@H](N)c1cc(-c2c(C)cc(NS(=O)(=O)C(F)(F)F)cc2C)cc(Cl)n1.Cl. The highest BCUT2D eigenvalue weighted by Crippen LogP contribution is 2.34. The summed E-state index contributed by atoms with van der Waals surface area (Å²) in [7, 11) is -4.31. The highest BCUT2D eigenvalue weighted by atomic mass is 35.5. The van der Waals surface area contributed by atoms with Crippen LogP contribution in [0.3, 0.4) is 0 Å². The Labute approximate surface area is 188 Å². The number of ether oxygens (including phenoxy) is 1. The van der Waals surface area contributed by atoms with Gasteiger partial charge in [0, 0.05) is 5.69 Å². The number of hydrogen-bond donors (Lipinski definition) is 2. The van der Waals surface area contributed by atoms with Gasteiger partial charge < -0.3 is 10.5 Å². The minimum atomic E-state index is -5.54. The van der Waals surface area contributed by atoms with E-state index in [-0.39, 0.29) is 29.7 Å². The number of carbonyl (C=O) groups is 1. The summed E-state index contributed by atoms with van der Waals surface area (Å²) in [5.41, 5.74) is 2.81. The maximum absolute atomic E-state index is 12.6. The molecular weight excluding hydrogens is 482 g/mol. The van der Waals surface area contributed by atoms with Crippen LogP contribution in [0, 0.1) is 13.8 Å². The highest BCUT2D eigenvalue weighted by Gasteiger charge is 2.46. The Morgan fingerprint density at radius 3 is 2.26 bits per heavy atom. The zero-order valence-corrected chi connectivity index (χ0v) is 19.0. The minimum Gasteiger partial charge on any atom is -0.469 e. The Kier molecular flexibility index (Phi) is 8.72. The van der Waals surface area contributed by atoms with Gasteiger partial charge in [-0.3, -0.25) is 9.52 Å². The van der Waals surface area contributed by atoms with Gasteiger partial charge in [-0.1, -0.05) is 11.6 Å². The summed E-state index contributed by atoms with van der Waals surface area (Å²) in [6, 6.07) is 4.90. The summed E-state index contributed by atoms with van der Waals surface area (Å²) in [5, 5.41) is 0.100. The van der Waals surface area contributed by atoms with Crippen LogP contribution in [-0.4, -0.2) is 32.0 Å². The lowest BCUT2D eigenvalue weighted by molar-refractivity contribution is -0.141. The van der Waals surface area contributed by atoms with Crippen LogP contribution in [0.4, 0.5) is 18.9 Å². The lowest BCUT2D eigenvalue weighted by Gasteiger charge is -2.17. The third-order valence-corrected chi connectivity index (χ3v) is 5.49. The van der Waals surface area contributed by atoms with Crippen LogP contribution in [0.15, 0.2) is 24.3 Å². The Bertz CT molecular complexity index is 1060.